The summed E-state index contributed by atoms with van der Waals surface area (Å²) >= 11 is 0. The number of hydrogen-bond donors (Lipinski definition) is 0. The van der Waals surface area contributed by atoms with Crippen LogP contribution in [0.25, 0.3) is 10.9 Å². The number of carbonyl (C=O) groups excluding carboxylic acids is 1. The lowest BCUT2D eigenvalue weighted by Gasteiger charge is -2.38. The summed E-state index contributed by atoms with van der Waals surface area (Å²) in [4.78, 5) is 17.2. The number of para-hydroxylation sites is 1. The highest BCUT2D eigenvalue weighted by Gasteiger charge is 2.44. The molecule has 2 unspecified atom stereocenters. The molecule has 2 saturated heterocycles. The second-order valence-corrected chi connectivity index (χ2v) is 7.62. The number of nitrogens with zero attached hydrogens (tertiary/aromatic N) is 5. The topological polar surface area (TPSA) is 56.0 Å². The van der Waals surface area contributed by atoms with Crippen LogP contribution in [0.2, 0.25) is 0 Å². The van der Waals surface area contributed by atoms with Crippen molar-refractivity contribution in [3.63, 3.8) is 0 Å². The van der Waals surface area contributed by atoms with E-state index in [1.807, 2.05) is 24.0 Å². The first-order chi connectivity index (χ1) is 12.7. The summed E-state index contributed by atoms with van der Waals surface area (Å²) < 4.78 is 2.11. The van der Waals surface area contributed by atoms with Crippen molar-refractivity contribution in [2.24, 2.45) is 7.05 Å². The monoisotopic (exact) mass is 349 g/mol. The minimum atomic E-state index is 0.265. The normalized spacial score (nSPS) is 25.1. The van der Waals surface area contributed by atoms with Gasteiger partial charge in [0.1, 0.15) is 0 Å². The van der Waals surface area contributed by atoms with Crippen molar-refractivity contribution in [3.05, 3.63) is 48.4 Å². The van der Waals surface area contributed by atoms with Crippen molar-refractivity contribution in [1.29, 1.82) is 0 Å². The van der Waals surface area contributed by atoms with Crippen LogP contribution in [0.15, 0.2) is 42.9 Å². The Bertz CT molecular complexity index is 930. The third kappa shape index (κ3) is 2.43. The van der Waals surface area contributed by atoms with Crippen molar-refractivity contribution in [3.8, 4) is 0 Å². The molecular formula is C20H23N5O. The lowest BCUT2D eigenvalue weighted by molar-refractivity contribution is -0.135. The Kier molecular flexibility index (Phi) is 3.58. The average molecular weight is 349 g/mol. The van der Waals surface area contributed by atoms with E-state index >= 15 is 0 Å². The first-order valence-corrected chi connectivity index (χ1v) is 9.40. The molecule has 2 aromatic heterocycles. The van der Waals surface area contributed by atoms with E-state index in [0.29, 0.717) is 24.5 Å². The van der Waals surface area contributed by atoms with Gasteiger partial charge in [-0.05, 0) is 37.3 Å². The third-order valence-electron chi connectivity index (χ3n) is 6.08. The van der Waals surface area contributed by atoms with Crippen molar-refractivity contribution in [1.82, 2.24) is 24.5 Å². The van der Waals surface area contributed by atoms with Gasteiger partial charge in [-0.25, -0.2) is 0 Å². The molecule has 2 aliphatic heterocycles. The predicted molar refractivity (Wildman–Crippen MR) is 98.6 cm³/mol. The highest BCUT2D eigenvalue weighted by molar-refractivity contribution is 5.89. The van der Waals surface area contributed by atoms with Gasteiger partial charge in [-0.2, -0.15) is 15.0 Å². The second-order valence-electron chi connectivity index (χ2n) is 7.62. The molecule has 0 aliphatic carbocycles. The second kappa shape index (κ2) is 5.97. The highest BCUT2D eigenvalue weighted by atomic mass is 16.2. The Hall–Kier alpha value is -2.63. The first kappa shape index (κ1) is 15.6. The molecule has 2 atom stereocenters. The van der Waals surface area contributed by atoms with Crippen LogP contribution in [0.1, 0.15) is 37.3 Å². The Labute approximate surface area is 152 Å². The smallest absolute Gasteiger partial charge is 0.227 e. The van der Waals surface area contributed by atoms with E-state index in [1.165, 1.54) is 10.9 Å². The number of piperidine rings is 1. The van der Waals surface area contributed by atoms with Gasteiger partial charge in [-0.3, -0.25) is 4.79 Å². The Morgan fingerprint density at radius 3 is 2.50 bits per heavy atom. The van der Waals surface area contributed by atoms with Gasteiger partial charge in [0, 0.05) is 36.2 Å². The fourth-order valence-corrected chi connectivity index (χ4v) is 4.98. The summed E-state index contributed by atoms with van der Waals surface area (Å²) in [6.07, 6.45) is 10.2. The number of hydrogen-bond acceptors (Lipinski definition) is 3. The molecule has 134 valence electrons. The van der Waals surface area contributed by atoms with E-state index in [0.717, 1.165) is 31.2 Å². The minimum absolute atomic E-state index is 0.265. The van der Waals surface area contributed by atoms with Crippen LogP contribution in [0.3, 0.4) is 0 Å². The van der Waals surface area contributed by atoms with Gasteiger partial charge in [0.15, 0.2) is 0 Å². The molecule has 26 heavy (non-hydrogen) atoms. The third-order valence-corrected chi connectivity index (χ3v) is 6.08. The predicted octanol–water partition coefficient (Wildman–Crippen LogP) is 2.71. The summed E-state index contributed by atoms with van der Waals surface area (Å²) in [6, 6.07) is 9.28. The number of carbonyl (C=O) groups is 1. The molecule has 5 rings (SSSR count). The van der Waals surface area contributed by atoms with Gasteiger partial charge in [-0.15, -0.1) is 0 Å². The SMILES string of the molecule is Cn1cc(CC(=O)N2C3CCC2CC(n2nccn2)C3)c2ccccc21. The van der Waals surface area contributed by atoms with Crippen LogP contribution in [-0.4, -0.2) is 42.5 Å². The summed E-state index contributed by atoms with van der Waals surface area (Å²) in [7, 11) is 2.04. The lowest BCUT2D eigenvalue weighted by atomic mass is 9.96. The largest absolute Gasteiger partial charge is 0.350 e. The van der Waals surface area contributed by atoms with Crippen LogP contribution >= 0.6 is 0 Å². The zero-order valence-corrected chi connectivity index (χ0v) is 15.0. The first-order valence-electron chi connectivity index (χ1n) is 9.40. The zero-order valence-electron chi connectivity index (χ0n) is 15.0. The molecule has 0 radical (unpaired) electrons. The number of rotatable bonds is 3. The summed E-state index contributed by atoms with van der Waals surface area (Å²) in [5.74, 6) is 0.265. The molecule has 1 amide bonds. The number of aryl methyl sites for hydroxylation is 1. The van der Waals surface area contributed by atoms with Gasteiger partial charge in [0.2, 0.25) is 5.91 Å². The molecule has 0 saturated carbocycles. The summed E-state index contributed by atoms with van der Waals surface area (Å²) in [5, 5.41) is 9.81. The molecule has 4 heterocycles. The highest BCUT2D eigenvalue weighted by Crippen LogP contribution is 2.40. The fourth-order valence-electron chi connectivity index (χ4n) is 4.98. The van der Waals surface area contributed by atoms with Crippen LogP contribution in [-0.2, 0) is 18.3 Å². The summed E-state index contributed by atoms with van der Waals surface area (Å²) in [6.45, 7) is 0. The van der Waals surface area contributed by atoms with Gasteiger partial charge < -0.3 is 9.47 Å². The van der Waals surface area contributed by atoms with Crippen molar-refractivity contribution in [2.75, 3.05) is 0 Å². The number of aromatic nitrogens is 4. The standard InChI is InChI=1S/C20H23N5O/c1-23-13-14(18-4-2-3-5-19(18)23)10-20(26)24-15-6-7-16(24)12-17(11-15)25-21-8-9-22-25/h2-5,8-9,13,15-17H,6-7,10-12H2,1H3. The van der Waals surface area contributed by atoms with Gasteiger partial charge in [-0.1, -0.05) is 18.2 Å². The molecule has 2 fully saturated rings. The maximum atomic E-state index is 13.2. The Morgan fingerprint density at radius 2 is 1.77 bits per heavy atom. The minimum Gasteiger partial charge on any atom is -0.350 e. The van der Waals surface area contributed by atoms with Crippen molar-refractivity contribution < 1.29 is 4.79 Å². The molecular weight excluding hydrogens is 326 g/mol. The van der Waals surface area contributed by atoms with Gasteiger partial charge in [0.25, 0.3) is 0 Å². The van der Waals surface area contributed by atoms with Crippen LogP contribution in [0, 0.1) is 0 Å². The molecule has 6 nitrogen and oxygen atoms in total. The summed E-state index contributed by atoms with van der Waals surface area (Å²) in [5.41, 5.74) is 2.31. The number of fused-ring (bicyclic) bond motifs is 3. The van der Waals surface area contributed by atoms with E-state index in [9.17, 15) is 4.79 Å². The van der Waals surface area contributed by atoms with E-state index in [2.05, 4.69) is 38.0 Å². The van der Waals surface area contributed by atoms with Gasteiger partial charge in [0.05, 0.1) is 24.9 Å². The quantitative estimate of drug-likeness (QED) is 0.730. The Balaban J connectivity index is 1.36. The fraction of sp³-hybridized carbons (Fsp3) is 0.450. The van der Waals surface area contributed by atoms with E-state index in [-0.39, 0.29) is 5.91 Å². The number of amides is 1. The van der Waals surface area contributed by atoms with Crippen molar-refractivity contribution >= 4 is 16.8 Å². The molecule has 6 heteroatoms. The van der Waals surface area contributed by atoms with Crippen LogP contribution in [0.5, 0.6) is 0 Å². The Morgan fingerprint density at radius 1 is 1.08 bits per heavy atom. The molecule has 3 aromatic rings. The molecule has 1 aromatic carbocycles. The van der Waals surface area contributed by atoms with E-state index < -0.39 is 0 Å². The molecule has 0 spiro atoms. The van der Waals surface area contributed by atoms with Crippen molar-refractivity contribution in [2.45, 2.75) is 50.2 Å². The van der Waals surface area contributed by atoms with E-state index in [1.54, 1.807) is 12.4 Å². The van der Waals surface area contributed by atoms with Crippen LogP contribution < -0.4 is 0 Å². The van der Waals surface area contributed by atoms with E-state index in [4.69, 9.17) is 0 Å². The average Bonchev–Trinajstić information content (AvgIpc) is 3.34. The lowest BCUT2D eigenvalue weighted by Crippen LogP contribution is -2.47. The molecule has 2 aliphatic rings. The van der Waals surface area contributed by atoms with Crippen LogP contribution in [0.4, 0.5) is 0 Å². The molecule has 2 bridgehead atoms. The molecule has 0 N–H and O–H groups in total. The zero-order chi connectivity index (χ0) is 17.7. The maximum absolute atomic E-state index is 13.2. The number of benzene rings is 1. The van der Waals surface area contributed by atoms with Gasteiger partial charge >= 0.3 is 0 Å². The maximum Gasteiger partial charge on any atom is 0.227 e.